The monoisotopic (exact) mass is 272 g/mol. The summed E-state index contributed by atoms with van der Waals surface area (Å²) in [7, 11) is 0. The number of nitrogen functional groups attached to an aromatic ring is 1. The summed E-state index contributed by atoms with van der Waals surface area (Å²) in [5, 5.41) is 0.979. The van der Waals surface area contributed by atoms with E-state index in [1.807, 2.05) is 0 Å². The molecule has 3 aromatic heterocycles. The zero-order valence-corrected chi connectivity index (χ0v) is 10.4. The lowest BCUT2D eigenvalue weighted by atomic mass is 10.7. The maximum atomic E-state index is 5.67. The fourth-order valence-electron chi connectivity index (χ4n) is 1.32. The lowest BCUT2D eigenvalue weighted by molar-refractivity contribution is 0.828. The zero-order valence-electron chi connectivity index (χ0n) is 9.58. The van der Waals surface area contributed by atoms with Gasteiger partial charge in [-0.15, -0.1) is 0 Å². The van der Waals surface area contributed by atoms with E-state index in [1.165, 1.54) is 11.8 Å². The average Bonchev–Trinajstić information content (AvgIpc) is 2.93. The van der Waals surface area contributed by atoms with Crippen LogP contribution in [0.5, 0.6) is 0 Å². The maximum absolute atomic E-state index is 5.67. The van der Waals surface area contributed by atoms with Crippen LogP contribution in [-0.2, 0) is 0 Å². The minimum atomic E-state index is 0.136. The van der Waals surface area contributed by atoms with E-state index >= 15 is 0 Å². The van der Waals surface area contributed by atoms with Gasteiger partial charge in [0.05, 0.1) is 0 Å². The summed E-state index contributed by atoms with van der Waals surface area (Å²) < 4.78 is 1.65. The largest absolute Gasteiger partial charge is 0.368 e. The molecule has 3 aromatic rings. The minimum Gasteiger partial charge on any atom is -0.368 e. The Morgan fingerprint density at radius 1 is 1.00 bits per heavy atom. The van der Waals surface area contributed by atoms with E-state index in [9.17, 15) is 0 Å². The van der Waals surface area contributed by atoms with Crippen molar-refractivity contribution in [2.75, 3.05) is 5.73 Å². The van der Waals surface area contributed by atoms with Gasteiger partial charge in [-0.3, -0.25) is 4.57 Å². The maximum Gasteiger partial charge on any atom is 0.240 e. The molecule has 0 spiro atoms. The van der Waals surface area contributed by atoms with Crippen LogP contribution in [0, 0.1) is 0 Å². The third-order valence-corrected chi connectivity index (χ3v) is 2.84. The molecule has 9 heteroatoms. The predicted molar refractivity (Wildman–Crippen MR) is 67.5 cm³/mol. The van der Waals surface area contributed by atoms with Gasteiger partial charge in [-0.1, -0.05) is 0 Å². The van der Waals surface area contributed by atoms with Crippen LogP contribution in [0.2, 0.25) is 0 Å². The van der Waals surface area contributed by atoms with Gasteiger partial charge in [0.1, 0.15) is 6.33 Å². The predicted octanol–water partition coefficient (Wildman–Crippen LogP) is 0.581. The first kappa shape index (κ1) is 11.5. The van der Waals surface area contributed by atoms with E-state index in [2.05, 4.69) is 29.9 Å². The van der Waals surface area contributed by atoms with Crippen molar-refractivity contribution in [3.8, 4) is 5.95 Å². The van der Waals surface area contributed by atoms with Crippen molar-refractivity contribution < 1.29 is 0 Å². The van der Waals surface area contributed by atoms with Crippen LogP contribution in [0.3, 0.4) is 0 Å². The molecule has 0 saturated carbocycles. The molecule has 0 aliphatic carbocycles. The van der Waals surface area contributed by atoms with E-state index in [0.29, 0.717) is 16.3 Å². The first-order chi connectivity index (χ1) is 9.31. The molecular weight excluding hydrogens is 264 g/mol. The molecule has 0 aliphatic heterocycles. The molecule has 8 nitrogen and oxygen atoms in total. The molecule has 0 unspecified atom stereocenters. The highest BCUT2D eigenvalue weighted by molar-refractivity contribution is 7.99. The Hall–Kier alpha value is -2.55. The van der Waals surface area contributed by atoms with Crippen LogP contribution in [0.1, 0.15) is 0 Å². The summed E-state index contributed by atoms with van der Waals surface area (Å²) in [6, 6.07) is 1.74. The molecule has 0 aliphatic rings. The van der Waals surface area contributed by atoms with Crippen LogP contribution in [0.4, 0.5) is 5.95 Å². The number of hydrogen-bond acceptors (Lipinski definition) is 8. The number of anilines is 1. The Balaban J connectivity index is 1.94. The smallest absolute Gasteiger partial charge is 0.240 e. The first-order valence-electron chi connectivity index (χ1n) is 5.26. The van der Waals surface area contributed by atoms with Crippen LogP contribution in [0.25, 0.3) is 5.95 Å². The molecule has 0 bridgehead atoms. The van der Waals surface area contributed by atoms with Gasteiger partial charge in [0.15, 0.2) is 5.16 Å². The van der Waals surface area contributed by atoms with Gasteiger partial charge in [-0.25, -0.2) is 15.0 Å². The molecule has 0 saturated heterocycles. The van der Waals surface area contributed by atoms with Gasteiger partial charge < -0.3 is 5.73 Å². The summed E-state index contributed by atoms with van der Waals surface area (Å²) >= 11 is 1.22. The molecule has 94 valence electrons. The van der Waals surface area contributed by atoms with E-state index in [4.69, 9.17) is 5.73 Å². The fourth-order valence-corrected chi connectivity index (χ4v) is 1.98. The molecule has 0 fully saturated rings. The number of hydrogen-bond donors (Lipinski definition) is 1. The Labute approximate surface area is 112 Å². The standard InChI is InChI=1S/C10H8N8S/c11-7-15-8(18-5-4-12-6-18)17-10(16-7)19-9-13-2-1-3-14-9/h1-6H,(H2,11,15,16,17). The van der Waals surface area contributed by atoms with Gasteiger partial charge in [0.2, 0.25) is 17.1 Å². The van der Waals surface area contributed by atoms with Crippen LogP contribution < -0.4 is 5.73 Å². The molecule has 0 atom stereocenters. The van der Waals surface area contributed by atoms with Gasteiger partial charge in [-0.2, -0.15) is 15.0 Å². The lowest BCUT2D eigenvalue weighted by Crippen LogP contribution is -2.06. The Kier molecular flexibility index (Phi) is 3.02. The molecule has 3 heterocycles. The first-order valence-corrected chi connectivity index (χ1v) is 6.08. The minimum absolute atomic E-state index is 0.136. The summed E-state index contributed by atoms with van der Waals surface area (Å²) in [6.07, 6.45) is 8.24. The normalized spacial score (nSPS) is 10.5. The van der Waals surface area contributed by atoms with Crippen molar-refractivity contribution in [2.24, 2.45) is 0 Å². The second kappa shape index (κ2) is 4.98. The van der Waals surface area contributed by atoms with Crippen molar-refractivity contribution in [3.63, 3.8) is 0 Å². The van der Waals surface area contributed by atoms with Gasteiger partial charge in [0.25, 0.3) is 0 Å². The van der Waals surface area contributed by atoms with Crippen molar-refractivity contribution >= 4 is 17.7 Å². The molecule has 3 rings (SSSR count). The van der Waals surface area contributed by atoms with Gasteiger partial charge in [-0.05, 0) is 17.8 Å². The number of nitrogens with zero attached hydrogens (tertiary/aromatic N) is 7. The summed E-state index contributed by atoms with van der Waals surface area (Å²) in [6.45, 7) is 0. The average molecular weight is 272 g/mol. The van der Waals surface area contributed by atoms with Crippen LogP contribution >= 0.6 is 11.8 Å². The topological polar surface area (TPSA) is 108 Å². The third-order valence-electron chi connectivity index (χ3n) is 2.08. The van der Waals surface area contributed by atoms with Gasteiger partial charge in [0, 0.05) is 24.8 Å². The van der Waals surface area contributed by atoms with Gasteiger partial charge >= 0.3 is 0 Å². The van der Waals surface area contributed by atoms with Crippen molar-refractivity contribution in [1.29, 1.82) is 0 Å². The van der Waals surface area contributed by atoms with E-state index in [0.717, 1.165) is 0 Å². The summed E-state index contributed by atoms with van der Waals surface area (Å²) in [5.41, 5.74) is 5.67. The molecule has 0 amide bonds. The quantitative estimate of drug-likeness (QED) is 0.690. The summed E-state index contributed by atoms with van der Waals surface area (Å²) in [4.78, 5) is 24.5. The van der Waals surface area contributed by atoms with E-state index in [-0.39, 0.29) is 5.95 Å². The van der Waals surface area contributed by atoms with E-state index < -0.39 is 0 Å². The molecule has 19 heavy (non-hydrogen) atoms. The molecule has 2 N–H and O–H groups in total. The molecule has 0 radical (unpaired) electrons. The second-order valence-electron chi connectivity index (χ2n) is 3.38. The molecule has 0 aromatic carbocycles. The highest BCUT2D eigenvalue weighted by Crippen LogP contribution is 2.20. The van der Waals surface area contributed by atoms with Crippen molar-refractivity contribution in [3.05, 3.63) is 37.2 Å². The third kappa shape index (κ3) is 2.65. The molecular formula is C10H8N8S. The number of nitrogens with two attached hydrogens (primary N) is 1. The van der Waals surface area contributed by atoms with Crippen LogP contribution in [0.15, 0.2) is 47.5 Å². The summed E-state index contributed by atoms with van der Waals surface area (Å²) in [5.74, 6) is 0.542. The Morgan fingerprint density at radius 3 is 2.58 bits per heavy atom. The van der Waals surface area contributed by atoms with Crippen molar-refractivity contribution in [1.82, 2.24) is 34.5 Å². The van der Waals surface area contributed by atoms with Crippen LogP contribution in [-0.4, -0.2) is 34.5 Å². The highest BCUT2D eigenvalue weighted by atomic mass is 32.2. The SMILES string of the molecule is Nc1nc(Sc2ncccn2)nc(-n2ccnc2)n1. The van der Waals surface area contributed by atoms with Crippen molar-refractivity contribution in [2.45, 2.75) is 10.3 Å². The fraction of sp³-hybridized carbons (Fsp3) is 0. The van der Waals surface area contributed by atoms with E-state index in [1.54, 1.807) is 41.7 Å². The zero-order chi connectivity index (χ0) is 13.1. The second-order valence-corrected chi connectivity index (χ2v) is 4.31. The Bertz CT molecular complexity index is 669. The number of aromatic nitrogens is 7. The number of imidazole rings is 1. The number of rotatable bonds is 3. The highest BCUT2D eigenvalue weighted by Gasteiger charge is 2.08. The lowest BCUT2D eigenvalue weighted by Gasteiger charge is -2.03. The Morgan fingerprint density at radius 2 is 1.84 bits per heavy atom.